The van der Waals surface area contributed by atoms with Crippen LogP contribution >= 0.6 is 0 Å². The van der Waals surface area contributed by atoms with Crippen LogP contribution in [0.3, 0.4) is 0 Å². The lowest BCUT2D eigenvalue weighted by Gasteiger charge is -2.13. The standard InChI is InChI=1S/C14H19NO/c1-4-5-6-11-15-12(2)13-7-9-14(16-3)10-8-13/h7-10,12,15H,6,11H2,1-3H3/t12-/m1/s1. The van der Waals surface area contributed by atoms with Crippen molar-refractivity contribution in [2.75, 3.05) is 13.7 Å². The molecule has 1 aromatic rings. The van der Waals surface area contributed by atoms with Crippen molar-refractivity contribution in [3.63, 3.8) is 0 Å². The summed E-state index contributed by atoms with van der Waals surface area (Å²) in [7, 11) is 1.68. The van der Waals surface area contributed by atoms with Crippen molar-refractivity contribution in [1.82, 2.24) is 5.32 Å². The van der Waals surface area contributed by atoms with Gasteiger partial charge >= 0.3 is 0 Å². The summed E-state index contributed by atoms with van der Waals surface area (Å²) in [6.07, 6.45) is 0.900. The van der Waals surface area contributed by atoms with Gasteiger partial charge in [0, 0.05) is 19.0 Å². The van der Waals surface area contributed by atoms with Gasteiger partial charge in [-0.3, -0.25) is 0 Å². The summed E-state index contributed by atoms with van der Waals surface area (Å²) in [4.78, 5) is 0. The summed E-state index contributed by atoms with van der Waals surface area (Å²) >= 11 is 0. The Morgan fingerprint density at radius 3 is 2.56 bits per heavy atom. The van der Waals surface area contributed by atoms with E-state index in [1.54, 1.807) is 7.11 Å². The second-order valence-corrected chi connectivity index (χ2v) is 3.63. The molecule has 86 valence electrons. The maximum atomic E-state index is 5.12. The first-order chi connectivity index (χ1) is 7.77. The van der Waals surface area contributed by atoms with Crippen molar-refractivity contribution < 1.29 is 4.74 Å². The summed E-state index contributed by atoms with van der Waals surface area (Å²) in [6, 6.07) is 8.49. The normalized spacial score (nSPS) is 11.4. The fourth-order valence-corrected chi connectivity index (χ4v) is 1.49. The maximum Gasteiger partial charge on any atom is 0.118 e. The molecule has 0 aromatic heterocycles. The predicted octanol–water partition coefficient (Wildman–Crippen LogP) is 2.76. The predicted molar refractivity (Wildman–Crippen MR) is 67.5 cm³/mol. The van der Waals surface area contributed by atoms with Crippen LogP contribution in [0.4, 0.5) is 0 Å². The summed E-state index contributed by atoms with van der Waals surface area (Å²) in [5.74, 6) is 6.83. The number of ether oxygens (including phenoxy) is 1. The van der Waals surface area contributed by atoms with Crippen LogP contribution in [-0.4, -0.2) is 13.7 Å². The smallest absolute Gasteiger partial charge is 0.118 e. The maximum absolute atomic E-state index is 5.12. The van der Waals surface area contributed by atoms with Gasteiger partial charge in [0.25, 0.3) is 0 Å². The topological polar surface area (TPSA) is 21.3 Å². The second kappa shape index (κ2) is 6.92. The van der Waals surface area contributed by atoms with Crippen LogP contribution in [0.25, 0.3) is 0 Å². The van der Waals surface area contributed by atoms with Crippen molar-refractivity contribution in [2.45, 2.75) is 26.3 Å². The van der Waals surface area contributed by atoms with E-state index in [1.807, 2.05) is 19.1 Å². The Bertz CT molecular complexity index is 359. The molecule has 1 atom stereocenters. The minimum atomic E-state index is 0.351. The van der Waals surface area contributed by atoms with E-state index in [1.165, 1.54) is 5.56 Å². The van der Waals surface area contributed by atoms with Gasteiger partial charge < -0.3 is 10.1 Å². The minimum absolute atomic E-state index is 0.351. The molecule has 1 N–H and O–H groups in total. The lowest BCUT2D eigenvalue weighted by atomic mass is 10.1. The molecule has 0 fully saturated rings. The van der Waals surface area contributed by atoms with E-state index in [9.17, 15) is 0 Å². The van der Waals surface area contributed by atoms with Gasteiger partial charge in [0.15, 0.2) is 0 Å². The van der Waals surface area contributed by atoms with Crippen LogP contribution < -0.4 is 10.1 Å². The molecule has 2 heteroatoms. The van der Waals surface area contributed by atoms with E-state index in [0.717, 1.165) is 18.7 Å². The Labute approximate surface area is 98.0 Å². The van der Waals surface area contributed by atoms with Gasteiger partial charge in [0.2, 0.25) is 0 Å². The van der Waals surface area contributed by atoms with E-state index in [0.29, 0.717) is 6.04 Å². The molecule has 0 aliphatic heterocycles. The van der Waals surface area contributed by atoms with Gasteiger partial charge in [-0.1, -0.05) is 12.1 Å². The van der Waals surface area contributed by atoms with Crippen LogP contribution in [0, 0.1) is 11.8 Å². The molecule has 2 nitrogen and oxygen atoms in total. The molecule has 0 aliphatic rings. The number of rotatable bonds is 5. The van der Waals surface area contributed by atoms with E-state index >= 15 is 0 Å². The Kier molecular flexibility index (Phi) is 5.45. The van der Waals surface area contributed by atoms with E-state index < -0.39 is 0 Å². The van der Waals surface area contributed by atoms with Crippen LogP contribution in [0.5, 0.6) is 5.75 Å². The highest BCUT2D eigenvalue weighted by Gasteiger charge is 2.03. The zero-order chi connectivity index (χ0) is 11.8. The van der Waals surface area contributed by atoms with E-state index in [-0.39, 0.29) is 0 Å². The minimum Gasteiger partial charge on any atom is -0.497 e. The van der Waals surface area contributed by atoms with Crippen LogP contribution in [-0.2, 0) is 0 Å². The highest BCUT2D eigenvalue weighted by Crippen LogP contribution is 2.16. The molecule has 0 spiro atoms. The Balaban J connectivity index is 2.44. The average Bonchev–Trinajstić information content (AvgIpc) is 2.34. The quantitative estimate of drug-likeness (QED) is 0.605. The first kappa shape index (κ1) is 12.6. The van der Waals surface area contributed by atoms with E-state index in [2.05, 4.69) is 36.2 Å². The van der Waals surface area contributed by atoms with Crippen molar-refractivity contribution in [3.8, 4) is 17.6 Å². The molecule has 0 amide bonds. The average molecular weight is 217 g/mol. The van der Waals surface area contributed by atoms with Gasteiger partial charge in [-0.25, -0.2) is 0 Å². The molecular weight excluding hydrogens is 198 g/mol. The molecule has 0 saturated heterocycles. The third-order valence-electron chi connectivity index (χ3n) is 2.49. The first-order valence-electron chi connectivity index (χ1n) is 5.55. The molecule has 0 saturated carbocycles. The van der Waals surface area contributed by atoms with Crippen molar-refractivity contribution >= 4 is 0 Å². The number of benzene rings is 1. The number of hydrogen-bond acceptors (Lipinski definition) is 2. The number of nitrogens with one attached hydrogen (secondary N) is 1. The number of methoxy groups -OCH3 is 1. The second-order valence-electron chi connectivity index (χ2n) is 3.63. The highest BCUT2D eigenvalue weighted by molar-refractivity contribution is 5.28. The summed E-state index contributed by atoms with van der Waals surface area (Å²) in [5.41, 5.74) is 1.27. The Morgan fingerprint density at radius 2 is 2.00 bits per heavy atom. The lowest BCUT2D eigenvalue weighted by Crippen LogP contribution is -2.19. The molecule has 0 aliphatic carbocycles. The summed E-state index contributed by atoms with van der Waals surface area (Å²) in [5, 5.41) is 3.43. The largest absolute Gasteiger partial charge is 0.497 e. The molecule has 0 radical (unpaired) electrons. The number of hydrogen-bond donors (Lipinski definition) is 1. The van der Waals surface area contributed by atoms with Crippen LogP contribution in [0.15, 0.2) is 24.3 Å². The molecular formula is C14H19NO. The lowest BCUT2D eigenvalue weighted by molar-refractivity contribution is 0.414. The van der Waals surface area contributed by atoms with Crippen molar-refractivity contribution in [3.05, 3.63) is 29.8 Å². The highest BCUT2D eigenvalue weighted by atomic mass is 16.5. The Morgan fingerprint density at radius 1 is 1.31 bits per heavy atom. The summed E-state index contributed by atoms with van der Waals surface area (Å²) in [6.45, 7) is 4.95. The fourth-order valence-electron chi connectivity index (χ4n) is 1.49. The first-order valence-corrected chi connectivity index (χ1v) is 5.55. The molecule has 1 aromatic carbocycles. The van der Waals surface area contributed by atoms with Crippen LogP contribution in [0.1, 0.15) is 31.9 Å². The van der Waals surface area contributed by atoms with E-state index in [4.69, 9.17) is 4.74 Å². The van der Waals surface area contributed by atoms with Gasteiger partial charge in [-0.15, -0.1) is 11.8 Å². The molecule has 16 heavy (non-hydrogen) atoms. The van der Waals surface area contributed by atoms with Crippen LogP contribution in [0.2, 0.25) is 0 Å². The van der Waals surface area contributed by atoms with Gasteiger partial charge in [0.1, 0.15) is 5.75 Å². The van der Waals surface area contributed by atoms with Crippen molar-refractivity contribution in [1.29, 1.82) is 0 Å². The third-order valence-corrected chi connectivity index (χ3v) is 2.49. The van der Waals surface area contributed by atoms with Gasteiger partial charge in [0.05, 0.1) is 7.11 Å². The summed E-state index contributed by atoms with van der Waals surface area (Å²) < 4.78 is 5.12. The van der Waals surface area contributed by atoms with Crippen molar-refractivity contribution in [2.24, 2.45) is 0 Å². The SMILES string of the molecule is CC#CCCN[C@H](C)c1ccc(OC)cc1. The Hall–Kier alpha value is -1.46. The zero-order valence-corrected chi connectivity index (χ0v) is 10.2. The monoisotopic (exact) mass is 217 g/mol. The van der Waals surface area contributed by atoms with Gasteiger partial charge in [-0.2, -0.15) is 0 Å². The third kappa shape index (κ3) is 3.96. The molecule has 1 rings (SSSR count). The zero-order valence-electron chi connectivity index (χ0n) is 10.2. The molecule has 0 bridgehead atoms. The molecule has 0 heterocycles. The van der Waals surface area contributed by atoms with Gasteiger partial charge in [-0.05, 0) is 31.5 Å². The fraction of sp³-hybridized carbons (Fsp3) is 0.429. The molecule has 0 unspecified atom stereocenters.